The van der Waals surface area contributed by atoms with E-state index < -0.39 is 0 Å². The molecule has 1 aliphatic heterocycles. The van der Waals surface area contributed by atoms with E-state index in [-0.39, 0.29) is 0 Å². The normalized spacial score (nSPS) is 19.4. The molecule has 3 heterocycles. The van der Waals surface area contributed by atoms with Gasteiger partial charge in [-0.2, -0.15) is 0 Å². The average molecular weight is 315 g/mol. The van der Waals surface area contributed by atoms with E-state index in [4.69, 9.17) is 0 Å². The Morgan fingerprint density at radius 1 is 1.35 bits per heavy atom. The van der Waals surface area contributed by atoms with Crippen molar-refractivity contribution in [2.24, 2.45) is 10.9 Å². The van der Waals surface area contributed by atoms with Crippen molar-refractivity contribution in [3.05, 3.63) is 30.2 Å². The summed E-state index contributed by atoms with van der Waals surface area (Å²) >= 11 is 0. The Balaban J connectivity index is 1.50. The van der Waals surface area contributed by atoms with Crippen LogP contribution in [0, 0.1) is 5.92 Å². The molecule has 124 valence electrons. The van der Waals surface area contributed by atoms with E-state index in [0.717, 1.165) is 30.5 Å². The van der Waals surface area contributed by atoms with E-state index in [2.05, 4.69) is 37.6 Å². The molecule has 1 atom stereocenters. The molecular weight excluding hydrogens is 290 g/mol. The molecular formula is C16H25N7. The number of hydrogen-bond acceptors (Lipinski definition) is 4. The summed E-state index contributed by atoms with van der Waals surface area (Å²) in [4.78, 5) is 6.78. The van der Waals surface area contributed by atoms with Gasteiger partial charge in [-0.1, -0.05) is 13.0 Å². The molecule has 0 amide bonds. The first-order chi connectivity index (χ1) is 11.3. The predicted molar refractivity (Wildman–Crippen MR) is 91.4 cm³/mol. The fraction of sp³-hybridized carbons (Fsp3) is 0.562. The molecule has 0 saturated carbocycles. The third kappa shape index (κ3) is 3.79. The third-order valence-electron chi connectivity index (χ3n) is 4.40. The zero-order valence-electron chi connectivity index (χ0n) is 13.9. The van der Waals surface area contributed by atoms with E-state index in [1.54, 1.807) is 7.05 Å². The summed E-state index contributed by atoms with van der Waals surface area (Å²) < 4.78 is 1.98. The van der Waals surface area contributed by atoms with Crippen molar-refractivity contribution in [3.63, 3.8) is 0 Å². The SMILES string of the molecule is CCN1CCC(CNC(=NC)NCc2nnc3ccccn23)C1. The molecule has 2 N–H and O–H groups in total. The zero-order valence-corrected chi connectivity index (χ0v) is 13.9. The molecule has 7 heteroatoms. The van der Waals surface area contributed by atoms with Crippen LogP contribution in [0.15, 0.2) is 29.4 Å². The lowest BCUT2D eigenvalue weighted by Gasteiger charge is -2.16. The van der Waals surface area contributed by atoms with Crippen LogP contribution in [0.3, 0.4) is 0 Å². The number of nitrogens with zero attached hydrogens (tertiary/aromatic N) is 5. The van der Waals surface area contributed by atoms with Gasteiger partial charge in [0, 0.05) is 26.3 Å². The van der Waals surface area contributed by atoms with Crippen LogP contribution in [0.4, 0.5) is 0 Å². The van der Waals surface area contributed by atoms with Crippen LogP contribution in [-0.4, -0.2) is 58.7 Å². The Morgan fingerprint density at radius 3 is 3.04 bits per heavy atom. The fourth-order valence-electron chi connectivity index (χ4n) is 3.00. The number of aromatic nitrogens is 3. The highest BCUT2D eigenvalue weighted by atomic mass is 15.3. The summed E-state index contributed by atoms with van der Waals surface area (Å²) in [5, 5.41) is 15.1. The van der Waals surface area contributed by atoms with Crippen LogP contribution >= 0.6 is 0 Å². The van der Waals surface area contributed by atoms with Gasteiger partial charge in [0.15, 0.2) is 17.4 Å². The first kappa shape index (κ1) is 15.7. The van der Waals surface area contributed by atoms with E-state index in [1.807, 2.05) is 28.8 Å². The van der Waals surface area contributed by atoms with Crippen LogP contribution in [0.5, 0.6) is 0 Å². The van der Waals surface area contributed by atoms with Crippen molar-refractivity contribution < 1.29 is 0 Å². The first-order valence-corrected chi connectivity index (χ1v) is 8.25. The van der Waals surface area contributed by atoms with E-state index in [9.17, 15) is 0 Å². The molecule has 0 aliphatic carbocycles. The third-order valence-corrected chi connectivity index (χ3v) is 4.40. The molecule has 3 rings (SSSR count). The van der Waals surface area contributed by atoms with Crippen LogP contribution in [0.2, 0.25) is 0 Å². The lowest BCUT2D eigenvalue weighted by atomic mass is 10.1. The Hall–Kier alpha value is -2.15. The maximum absolute atomic E-state index is 4.29. The van der Waals surface area contributed by atoms with Crippen molar-refractivity contribution in [1.29, 1.82) is 0 Å². The van der Waals surface area contributed by atoms with Crippen LogP contribution in [0.25, 0.3) is 5.65 Å². The molecule has 1 saturated heterocycles. The maximum atomic E-state index is 4.29. The number of hydrogen-bond donors (Lipinski definition) is 2. The molecule has 2 aromatic rings. The van der Waals surface area contributed by atoms with Gasteiger partial charge in [0.05, 0.1) is 6.54 Å². The number of nitrogens with one attached hydrogen (secondary N) is 2. The summed E-state index contributed by atoms with van der Waals surface area (Å²) in [7, 11) is 1.80. The standard InChI is InChI=1S/C16H25N7/c1-3-22-9-7-13(12-22)10-18-16(17-2)19-11-15-21-20-14-6-4-5-8-23(14)15/h4-6,8,13H,3,7,9-12H2,1-2H3,(H2,17,18,19). The van der Waals surface area contributed by atoms with E-state index >= 15 is 0 Å². The second kappa shape index (κ2) is 7.41. The number of aliphatic imine (C=N–C) groups is 1. The average Bonchev–Trinajstić information content (AvgIpc) is 3.22. The summed E-state index contributed by atoms with van der Waals surface area (Å²) in [5.41, 5.74) is 0.859. The smallest absolute Gasteiger partial charge is 0.191 e. The lowest BCUT2D eigenvalue weighted by molar-refractivity contribution is 0.342. The van der Waals surface area contributed by atoms with Crippen molar-refractivity contribution in [3.8, 4) is 0 Å². The van der Waals surface area contributed by atoms with Gasteiger partial charge in [-0.15, -0.1) is 10.2 Å². The highest BCUT2D eigenvalue weighted by molar-refractivity contribution is 5.79. The molecule has 1 unspecified atom stereocenters. The molecule has 1 aliphatic rings. The summed E-state index contributed by atoms with van der Waals surface area (Å²) in [5.74, 6) is 2.39. The topological polar surface area (TPSA) is 69.8 Å². The van der Waals surface area contributed by atoms with Gasteiger partial charge in [0.1, 0.15) is 0 Å². The number of guanidine groups is 1. The number of rotatable bonds is 5. The van der Waals surface area contributed by atoms with E-state index in [0.29, 0.717) is 12.5 Å². The monoisotopic (exact) mass is 315 g/mol. The Bertz CT molecular complexity index is 663. The minimum Gasteiger partial charge on any atom is -0.356 e. The molecule has 2 aromatic heterocycles. The van der Waals surface area contributed by atoms with Crippen LogP contribution in [-0.2, 0) is 6.54 Å². The minimum atomic E-state index is 0.594. The number of pyridine rings is 1. The first-order valence-electron chi connectivity index (χ1n) is 8.25. The number of fused-ring (bicyclic) bond motifs is 1. The fourth-order valence-corrected chi connectivity index (χ4v) is 3.00. The molecule has 0 bridgehead atoms. The van der Waals surface area contributed by atoms with E-state index in [1.165, 1.54) is 19.5 Å². The van der Waals surface area contributed by atoms with Gasteiger partial charge in [-0.05, 0) is 37.6 Å². The van der Waals surface area contributed by atoms with Gasteiger partial charge in [0.25, 0.3) is 0 Å². The molecule has 7 nitrogen and oxygen atoms in total. The van der Waals surface area contributed by atoms with Crippen molar-refractivity contribution in [2.75, 3.05) is 33.2 Å². The molecule has 0 aromatic carbocycles. The van der Waals surface area contributed by atoms with Crippen molar-refractivity contribution in [2.45, 2.75) is 19.9 Å². The van der Waals surface area contributed by atoms with Crippen molar-refractivity contribution in [1.82, 2.24) is 30.1 Å². The highest BCUT2D eigenvalue weighted by Gasteiger charge is 2.21. The Kier molecular flexibility index (Phi) is 5.07. The minimum absolute atomic E-state index is 0.594. The second-order valence-corrected chi connectivity index (χ2v) is 5.90. The summed E-state index contributed by atoms with van der Waals surface area (Å²) in [6.45, 7) is 7.30. The van der Waals surface area contributed by atoms with Gasteiger partial charge in [-0.3, -0.25) is 9.39 Å². The number of likely N-dealkylation sites (tertiary alicyclic amines) is 1. The Morgan fingerprint density at radius 2 is 2.26 bits per heavy atom. The highest BCUT2D eigenvalue weighted by Crippen LogP contribution is 2.14. The van der Waals surface area contributed by atoms with Crippen LogP contribution in [0.1, 0.15) is 19.2 Å². The molecule has 1 fully saturated rings. The summed E-state index contributed by atoms with van der Waals surface area (Å²) in [6, 6.07) is 5.89. The zero-order chi connectivity index (χ0) is 16.1. The van der Waals surface area contributed by atoms with Crippen molar-refractivity contribution >= 4 is 11.6 Å². The molecule has 0 radical (unpaired) electrons. The Labute approximate surface area is 136 Å². The van der Waals surface area contributed by atoms with Gasteiger partial charge in [-0.25, -0.2) is 0 Å². The molecule has 23 heavy (non-hydrogen) atoms. The van der Waals surface area contributed by atoms with Crippen LogP contribution < -0.4 is 10.6 Å². The lowest BCUT2D eigenvalue weighted by Crippen LogP contribution is -2.40. The summed E-state index contributed by atoms with van der Waals surface area (Å²) in [6.07, 6.45) is 3.23. The van der Waals surface area contributed by atoms with Gasteiger partial charge in [0.2, 0.25) is 0 Å². The van der Waals surface area contributed by atoms with Gasteiger partial charge >= 0.3 is 0 Å². The second-order valence-electron chi connectivity index (χ2n) is 5.90. The predicted octanol–water partition coefficient (Wildman–Crippen LogP) is 0.736. The molecule has 0 spiro atoms. The quantitative estimate of drug-likeness (QED) is 0.629. The largest absolute Gasteiger partial charge is 0.356 e. The maximum Gasteiger partial charge on any atom is 0.191 e. The van der Waals surface area contributed by atoms with Gasteiger partial charge < -0.3 is 15.5 Å².